The molecule has 0 aliphatic carbocycles. The van der Waals surface area contributed by atoms with Crippen LogP contribution in [0.3, 0.4) is 0 Å². The van der Waals surface area contributed by atoms with Crippen LogP contribution >= 0.6 is 0 Å². The molecule has 1 unspecified atom stereocenters. The van der Waals surface area contributed by atoms with Crippen LogP contribution in [-0.4, -0.2) is 35.4 Å². The first-order chi connectivity index (χ1) is 6.88. The van der Waals surface area contributed by atoms with Crippen LogP contribution < -0.4 is 5.73 Å². The summed E-state index contributed by atoms with van der Waals surface area (Å²) in [4.78, 5) is 13.2. The molecule has 5 nitrogen and oxygen atoms in total. The van der Waals surface area contributed by atoms with Crippen LogP contribution in [0, 0.1) is 11.8 Å². The lowest BCUT2D eigenvalue weighted by Gasteiger charge is -2.21. The number of hydrogen-bond acceptors (Lipinski definition) is 3. The van der Waals surface area contributed by atoms with Crippen LogP contribution in [0.1, 0.15) is 27.2 Å². The molecule has 0 spiro atoms. The fourth-order valence-corrected chi connectivity index (χ4v) is 1.21. The van der Waals surface area contributed by atoms with Gasteiger partial charge in [0.15, 0.2) is 0 Å². The second kappa shape index (κ2) is 6.27. The van der Waals surface area contributed by atoms with Crippen molar-refractivity contribution in [2.24, 2.45) is 22.7 Å². The van der Waals surface area contributed by atoms with Crippen LogP contribution in [0.15, 0.2) is 5.16 Å². The van der Waals surface area contributed by atoms with E-state index in [-0.39, 0.29) is 17.7 Å². The standard InChI is InChI=1S/C10H21N3O2/c1-7(2)5-9(14)13(4)6-8(3)10(11)12-15/h7-8,15H,5-6H2,1-4H3,(H2,11,12). The zero-order valence-corrected chi connectivity index (χ0v) is 9.90. The van der Waals surface area contributed by atoms with Crippen molar-refractivity contribution in [3.05, 3.63) is 0 Å². The molecule has 88 valence electrons. The first kappa shape index (κ1) is 13.7. The van der Waals surface area contributed by atoms with Gasteiger partial charge in [-0.3, -0.25) is 4.79 Å². The molecule has 0 rings (SSSR count). The van der Waals surface area contributed by atoms with E-state index in [1.807, 2.05) is 20.8 Å². The minimum atomic E-state index is -0.129. The molecule has 0 saturated heterocycles. The molecule has 0 heterocycles. The van der Waals surface area contributed by atoms with Gasteiger partial charge in [0.2, 0.25) is 5.91 Å². The highest BCUT2D eigenvalue weighted by atomic mass is 16.4. The van der Waals surface area contributed by atoms with Gasteiger partial charge in [-0.15, -0.1) is 0 Å². The van der Waals surface area contributed by atoms with Crippen molar-refractivity contribution in [1.82, 2.24) is 4.90 Å². The molecule has 0 aliphatic rings. The monoisotopic (exact) mass is 215 g/mol. The van der Waals surface area contributed by atoms with Gasteiger partial charge in [0, 0.05) is 25.9 Å². The van der Waals surface area contributed by atoms with E-state index in [9.17, 15) is 4.79 Å². The molecule has 3 N–H and O–H groups in total. The Morgan fingerprint density at radius 2 is 2.00 bits per heavy atom. The maximum absolute atomic E-state index is 11.6. The summed E-state index contributed by atoms with van der Waals surface area (Å²) < 4.78 is 0. The fraction of sp³-hybridized carbons (Fsp3) is 0.800. The number of oxime groups is 1. The maximum Gasteiger partial charge on any atom is 0.222 e. The Labute approximate surface area is 90.9 Å². The third-order valence-corrected chi connectivity index (χ3v) is 2.18. The quantitative estimate of drug-likeness (QED) is 0.309. The summed E-state index contributed by atoms with van der Waals surface area (Å²) in [7, 11) is 1.73. The Morgan fingerprint density at radius 1 is 1.47 bits per heavy atom. The minimum Gasteiger partial charge on any atom is -0.409 e. The molecule has 0 saturated carbocycles. The van der Waals surface area contributed by atoms with Crippen molar-refractivity contribution in [2.45, 2.75) is 27.2 Å². The Bertz CT molecular complexity index is 239. The molecular weight excluding hydrogens is 194 g/mol. The van der Waals surface area contributed by atoms with Gasteiger partial charge in [0.25, 0.3) is 0 Å². The Balaban J connectivity index is 4.13. The van der Waals surface area contributed by atoms with Gasteiger partial charge < -0.3 is 15.8 Å². The second-order valence-electron chi connectivity index (χ2n) is 4.30. The molecule has 0 bridgehead atoms. The van der Waals surface area contributed by atoms with E-state index in [1.165, 1.54) is 0 Å². The fourth-order valence-electron chi connectivity index (χ4n) is 1.21. The molecule has 5 heteroatoms. The molecule has 1 amide bonds. The van der Waals surface area contributed by atoms with Gasteiger partial charge in [0.05, 0.1) is 0 Å². The van der Waals surface area contributed by atoms with Crippen LogP contribution in [-0.2, 0) is 4.79 Å². The summed E-state index contributed by atoms with van der Waals surface area (Å²) in [6.07, 6.45) is 0.527. The van der Waals surface area contributed by atoms with Gasteiger partial charge in [-0.1, -0.05) is 25.9 Å². The normalized spacial score (nSPS) is 14.1. The lowest BCUT2D eigenvalue weighted by Crippen LogP contribution is -2.36. The Hall–Kier alpha value is -1.26. The Kier molecular flexibility index (Phi) is 5.74. The summed E-state index contributed by atoms with van der Waals surface area (Å²) in [6, 6.07) is 0. The van der Waals surface area contributed by atoms with E-state index in [0.29, 0.717) is 18.9 Å². The molecule has 15 heavy (non-hydrogen) atoms. The molecule has 0 fully saturated rings. The van der Waals surface area contributed by atoms with Crippen LogP contribution in [0.2, 0.25) is 0 Å². The van der Waals surface area contributed by atoms with E-state index >= 15 is 0 Å². The van der Waals surface area contributed by atoms with Crippen molar-refractivity contribution in [2.75, 3.05) is 13.6 Å². The molecule has 0 radical (unpaired) electrons. The SMILES string of the molecule is CC(C)CC(=O)N(C)CC(C)C(N)=NO. The van der Waals surface area contributed by atoms with Gasteiger partial charge in [0.1, 0.15) is 5.84 Å². The van der Waals surface area contributed by atoms with Crippen molar-refractivity contribution < 1.29 is 10.0 Å². The first-order valence-electron chi connectivity index (χ1n) is 5.09. The van der Waals surface area contributed by atoms with Crippen LogP contribution in [0.5, 0.6) is 0 Å². The van der Waals surface area contributed by atoms with Crippen LogP contribution in [0.4, 0.5) is 0 Å². The zero-order chi connectivity index (χ0) is 12.0. The number of hydrogen-bond donors (Lipinski definition) is 2. The molecule has 0 aromatic carbocycles. The minimum absolute atomic E-state index is 0.0857. The molecular formula is C10H21N3O2. The summed E-state index contributed by atoms with van der Waals surface area (Å²) in [5, 5.41) is 11.4. The van der Waals surface area contributed by atoms with E-state index in [4.69, 9.17) is 10.9 Å². The number of carbonyl (C=O) groups excluding carboxylic acids is 1. The lowest BCUT2D eigenvalue weighted by atomic mass is 10.1. The van der Waals surface area contributed by atoms with Crippen molar-refractivity contribution in [3.8, 4) is 0 Å². The Morgan fingerprint density at radius 3 is 2.40 bits per heavy atom. The van der Waals surface area contributed by atoms with Gasteiger partial charge in [-0.25, -0.2) is 0 Å². The number of nitrogens with two attached hydrogens (primary N) is 1. The third-order valence-electron chi connectivity index (χ3n) is 2.18. The van der Waals surface area contributed by atoms with Gasteiger partial charge in [-0.2, -0.15) is 0 Å². The average Bonchev–Trinajstić information content (AvgIpc) is 2.15. The van der Waals surface area contributed by atoms with Crippen molar-refractivity contribution in [1.29, 1.82) is 0 Å². The summed E-state index contributed by atoms with van der Waals surface area (Å²) >= 11 is 0. The van der Waals surface area contributed by atoms with E-state index in [2.05, 4.69) is 5.16 Å². The van der Waals surface area contributed by atoms with Gasteiger partial charge in [-0.05, 0) is 5.92 Å². The summed E-state index contributed by atoms with van der Waals surface area (Å²) in [5.41, 5.74) is 5.43. The highest BCUT2D eigenvalue weighted by Gasteiger charge is 2.15. The highest BCUT2D eigenvalue weighted by Crippen LogP contribution is 2.05. The van der Waals surface area contributed by atoms with Gasteiger partial charge >= 0.3 is 0 Å². The summed E-state index contributed by atoms with van der Waals surface area (Å²) in [6.45, 7) is 6.28. The number of amidine groups is 1. The number of amides is 1. The lowest BCUT2D eigenvalue weighted by molar-refractivity contribution is -0.130. The molecule has 1 atom stereocenters. The second-order valence-corrected chi connectivity index (χ2v) is 4.30. The number of carbonyl (C=O) groups is 1. The summed E-state index contributed by atoms with van der Waals surface area (Å²) in [5.74, 6) is 0.456. The van der Waals surface area contributed by atoms with Crippen molar-refractivity contribution >= 4 is 11.7 Å². The molecule has 0 aromatic rings. The largest absolute Gasteiger partial charge is 0.409 e. The topological polar surface area (TPSA) is 78.9 Å². The van der Waals surface area contributed by atoms with Crippen molar-refractivity contribution in [3.63, 3.8) is 0 Å². The molecule has 0 aromatic heterocycles. The first-order valence-corrected chi connectivity index (χ1v) is 5.09. The maximum atomic E-state index is 11.6. The number of nitrogens with zero attached hydrogens (tertiary/aromatic N) is 2. The zero-order valence-electron chi connectivity index (χ0n) is 9.90. The van der Waals surface area contributed by atoms with E-state index < -0.39 is 0 Å². The predicted octanol–water partition coefficient (Wildman–Crippen LogP) is 0.873. The smallest absolute Gasteiger partial charge is 0.222 e. The third kappa shape index (κ3) is 5.24. The predicted molar refractivity (Wildman–Crippen MR) is 59.7 cm³/mol. The number of rotatable bonds is 5. The molecule has 0 aliphatic heterocycles. The average molecular weight is 215 g/mol. The van der Waals surface area contributed by atoms with Crippen LogP contribution in [0.25, 0.3) is 0 Å². The van der Waals surface area contributed by atoms with E-state index in [0.717, 1.165) is 0 Å². The van der Waals surface area contributed by atoms with E-state index in [1.54, 1.807) is 11.9 Å². The highest BCUT2D eigenvalue weighted by molar-refractivity contribution is 5.83.